The molecule has 0 spiro atoms. The summed E-state index contributed by atoms with van der Waals surface area (Å²) in [6.45, 7) is 3.85. The fraction of sp³-hybridized carbons (Fsp3) is 0.857. The zero-order valence-electron chi connectivity index (χ0n) is 7.59. The van der Waals surface area contributed by atoms with Gasteiger partial charge in [-0.25, -0.2) is 4.79 Å². The van der Waals surface area contributed by atoms with E-state index in [4.69, 9.17) is 15.7 Å². The molecule has 0 bridgehead atoms. The van der Waals surface area contributed by atoms with Crippen LogP contribution in [-0.2, 0) is 4.74 Å². The van der Waals surface area contributed by atoms with Crippen LogP contribution in [0.3, 0.4) is 0 Å². The molecule has 0 unspecified atom stereocenters. The van der Waals surface area contributed by atoms with E-state index >= 15 is 0 Å². The lowest BCUT2D eigenvalue weighted by Gasteiger charge is -2.28. The van der Waals surface area contributed by atoms with Gasteiger partial charge in [0.25, 0.3) is 0 Å². The minimum atomic E-state index is -0.563. The van der Waals surface area contributed by atoms with Crippen molar-refractivity contribution in [3.8, 4) is 0 Å². The third-order valence-corrected chi connectivity index (χ3v) is 1.58. The van der Waals surface area contributed by atoms with Gasteiger partial charge >= 0.3 is 6.09 Å². The largest absolute Gasteiger partial charge is 0.450 e. The molecule has 1 N–H and O–H groups in total. The van der Waals surface area contributed by atoms with E-state index in [-0.39, 0.29) is 0 Å². The van der Waals surface area contributed by atoms with E-state index in [2.05, 4.69) is 10.1 Å². The zero-order chi connectivity index (χ0) is 9.61. The van der Waals surface area contributed by atoms with Crippen LogP contribution in [0.1, 0.15) is 13.8 Å². The van der Waals surface area contributed by atoms with Gasteiger partial charge in [-0.15, -0.1) is 0 Å². The summed E-state index contributed by atoms with van der Waals surface area (Å²) in [6.07, 6.45) is 0.112. The summed E-state index contributed by atoms with van der Waals surface area (Å²) in [5, 5.41) is 2.58. The van der Waals surface area contributed by atoms with Gasteiger partial charge in [0.2, 0.25) is 0 Å². The summed E-state index contributed by atoms with van der Waals surface area (Å²) in [7, 11) is 10.8. The molecule has 5 heteroatoms. The number of carbonyl (C=O) groups is 1. The minimum Gasteiger partial charge on any atom is -0.450 e. The van der Waals surface area contributed by atoms with Crippen molar-refractivity contribution in [2.75, 3.05) is 6.61 Å². The molecule has 12 heavy (non-hydrogen) atoms. The Morgan fingerprint density at radius 3 is 2.33 bits per heavy atom. The summed E-state index contributed by atoms with van der Waals surface area (Å²) in [6, 6.07) is 0. The Labute approximate surface area is 76.1 Å². The van der Waals surface area contributed by atoms with Crippen LogP contribution < -0.4 is 5.32 Å². The highest BCUT2D eigenvalue weighted by Crippen LogP contribution is 2.12. The molecule has 0 aliphatic carbocycles. The van der Waals surface area contributed by atoms with Gasteiger partial charge in [-0.1, -0.05) is 12.6 Å². The predicted molar refractivity (Wildman–Crippen MR) is 49.7 cm³/mol. The number of ether oxygens (including phenoxy) is 1. The van der Waals surface area contributed by atoms with E-state index in [9.17, 15) is 4.79 Å². The van der Waals surface area contributed by atoms with Crippen molar-refractivity contribution in [2.24, 2.45) is 0 Å². The first-order chi connectivity index (χ1) is 5.58. The monoisotopic (exact) mass is 165 g/mol. The highest BCUT2D eigenvalue weighted by molar-refractivity contribution is 6.13. The Morgan fingerprint density at radius 2 is 2.00 bits per heavy atom. The summed E-state index contributed by atoms with van der Waals surface area (Å²) < 4.78 is 4.68. The Bertz CT molecular complexity index is 148. The maximum atomic E-state index is 10.9. The van der Waals surface area contributed by atoms with Gasteiger partial charge in [0.15, 0.2) is 0 Å². The molecule has 4 radical (unpaired) electrons. The van der Waals surface area contributed by atoms with Crippen molar-refractivity contribution >= 4 is 21.8 Å². The van der Waals surface area contributed by atoms with Gasteiger partial charge < -0.3 is 10.1 Å². The molecule has 0 rings (SSSR count). The molecular formula is C7H13B2NO2. The van der Waals surface area contributed by atoms with Crippen LogP contribution in [0.15, 0.2) is 0 Å². The molecule has 0 aromatic heterocycles. The van der Waals surface area contributed by atoms with Gasteiger partial charge in [0.05, 0.1) is 22.3 Å². The fourth-order valence-corrected chi connectivity index (χ4v) is 0.599. The standard InChI is InChI=1S/C7H13B2NO2/c1-3-12-6(11)10-7(2,4-8)5-9/h3-5H2,1-2H3,(H,10,11). The summed E-state index contributed by atoms with van der Waals surface area (Å²) in [5.74, 6) is 0. The molecule has 0 aromatic rings. The van der Waals surface area contributed by atoms with Crippen LogP contribution in [0.5, 0.6) is 0 Å². The molecule has 0 saturated carbocycles. The predicted octanol–water partition coefficient (Wildman–Crippen LogP) is 0.665. The Morgan fingerprint density at radius 1 is 1.50 bits per heavy atom. The van der Waals surface area contributed by atoms with Crippen LogP contribution in [0.25, 0.3) is 0 Å². The van der Waals surface area contributed by atoms with E-state index in [1.54, 1.807) is 13.8 Å². The van der Waals surface area contributed by atoms with E-state index in [1.807, 2.05) is 0 Å². The second kappa shape index (κ2) is 5.12. The number of alkyl carbamates (subject to hydrolysis) is 1. The second-order valence-electron chi connectivity index (χ2n) is 2.81. The normalized spacial score (nSPS) is 10.8. The molecule has 0 fully saturated rings. The third-order valence-electron chi connectivity index (χ3n) is 1.58. The number of hydrogen-bond acceptors (Lipinski definition) is 2. The van der Waals surface area contributed by atoms with Gasteiger partial charge in [-0.3, -0.25) is 0 Å². The smallest absolute Gasteiger partial charge is 0.407 e. The van der Waals surface area contributed by atoms with Gasteiger partial charge in [-0.05, 0) is 13.8 Å². The minimum absolute atomic E-state index is 0.294. The van der Waals surface area contributed by atoms with Crippen LogP contribution >= 0.6 is 0 Å². The van der Waals surface area contributed by atoms with E-state index < -0.39 is 11.6 Å². The molecule has 1 amide bonds. The van der Waals surface area contributed by atoms with Crippen molar-refractivity contribution in [1.29, 1.82) is 0 Å². The van der Waals surface area contributed by atoms with Gasteiger partial charge in [-0.2, -0.15) is 0 Å². The number of nitrogens with one attached hydrogen (secondary N) is 1. The first kappa shape index (κ1) is 11.4. The molecule has 0 aliphatic heterocycles. The molecule has 0 heterocycles. The number of rotatable bonds is 4. The lowest BCUT2D eigenvalue weighted by atomic mass is 9.76. The van der Waals surface area contributed by atoms with Crippen LogP contribution in [0.2, 0.25) is 12.6 Å². The van der Waals surface area contributed by atoms with Crippen molar-refractivity contribution in [3.05, 3.63) is 0 Å². The Hall–Kier alpha value is -0.600. The number of carbonyl (C=O) groups excluding carboxylic acids is 1. The van der Waals surface area contributed by atoms with Gasteiger partial charge in [0.1, 0.15) is 0 Å². The fourth-order valence-electron chi connectivity index (χ4n) is 0.599. The van der Waals surface area contributed by atoms with Crippen molar-refractivity contribution in [2.45, 2.75) is 32.0 Å². The summed E-state index contributed by atoms with van der Waals surface area (Å²) in [5.41, 5.74) is -0.563. The average Bonchev–Trinajstić information content (AvgIpc) is 2.05. The molecular weight excluding hydrogens is 152 g/mol. The zero-order valence-corrected chi connectivity index (χ0v) is 7.59. The van der Waals surface area contributed by atoms with Crippen molar-refractivity contribution in [1.82, 2.24) is 5.32 Å². The summed E-state index contributed by atoms with van der Waals surface area (Å²) in [4.78, 5) is 10.9. The van der Waals surface area contributed by atoms with Crippen molar-refractivity contribution < 1.29 is 9.53 Å². The van der Waals surface area contributed by atoms with Crippen LogP contribution in [-0.4, -0.2) is 33.9 Å². The van der Waals surface area contributed by atoms with E-state index in [0.717, 1.165) is 0 Å². The Balaban J connectivity index is 3.93. The third kappa shape index (κ3) is 3.69. The first-order valence-electron chi connectivity index (χ1n) is 3.93. The maximum absolute atomic E-state index is 10.9. The first-order valence-corrected chi connectivity index (χ1v) is 3.93. The van der Waals surface area contributed by atoms with Crippen LogP contribution in [0, 0.1) is 0 Å². The lowest BCUT2D eigenvalue weighted by Crippen LogP contribution is -2.45. The highest BCUT2D eigenvalue weighted by atomic mass is 16.5. The molecule has 0 aliphatic rings. The van der Waals surface area contributed by atoms with E-state index in [0.29, 0.717) is 19.2 Å². The molecule has 3 nitrogen and oxygen atoms in total. The quantitative estimate of drug-likeness (QED) is 0.621. The topological polar surface area (TPSA) is 38.3 Å². The van der Waals surface area contributed by atoms with Crippen LogP contribution in [0.4, 0.5) is 4.79 Å². The Kier molecular flexibility index (Phi) is 4.86. The molecule has 64 valence electrons. The maximum Gasteiger partial charge on any atom is 0.407 e. The molecule has 0 aromatic carbocycles. The second-order valence-corrected chi connectivity index (χ2v) is 2.81. The molecule has 0 atom stereocenters. The highest BCUT2D eigenvalue weighted by Gasteiger charge is 2.21. The molecule has 0 saturated heterocycles. The van der Waals surface area contributed by atoms with Gasteiger partial charge in [0, 0.05) is 5.54 Å². The SMILES string of the molecule is [B]CC(C)(C[B])NC(=O)OCC. The number of hydrogen-bond donors (Lipinski definition) is 1. The number of amides is 1. The van der Waals surface area contributed by atoms with Crippen molar-refractivity contribution in [3.63, 3.8) is 0 Å². The average molecular weight is 165 g/mol. The van der Waals surface area contributed by atoms with E-state index in [1.165, 1.54) is 0 Å². The lowest BCUT2D eigenvalue weighted by molar-refractivity contribution is 0.143. The summed E-state index contributed by atoms with van der Waals surface area (Å²) >= 11 is 0.